The highest BCUT2D eigenvalue weighted by atomic mass is 32.2. The van der Waals surface area contributed by atoms with Crippen molar-refractivity contribution in [3.8, 4) is 0 Å². The number of sulfonamides is 1. The number of halogens is 1. The Morgan fingerprint density at radius 2 is 1.79 bits per heavy atom. The second-order valence-electron chi connectivity index (χ2n) is 16.2. The number of allylic oxidation sites excluding steroid dienone is 1. The Morgan fingerprint density at radius 3 is 2.50 bits per heavy atom. The van der Waals surface area contributed by atoms with Crippen molar-refractivity contribution in [3.63, 3.8) is 0 Å². The Labute approximate surface area is 326 Å². The summed E-state index contributed by atoms with van der Waals surface area (Å²) >= 11 is 0. The van der Waals surface area contributed by atoms with Crippen molar-refractivity contribution >= 4 is 39.9 Å². The zero-order chi connectivity index (χ0) is 40.4. The van der Waals surface area contributed by atoms with Crippen LogP contribution >= 0.6 is 0 Å². The molecule has 0 unspecified atom stereocenters. The molecule has 2 aromatic carbocycles. The van der Waals surface area contributed by atoms with Crippen molar-refractivity contribution in [2.45, 2.75) is 121 Å². The lowest BCUT2D eigenvalue weighted by molar-refractivity contribution is -0.141. The molecule has 3 aliphatic heterocycles. The van der Waals surface area contributed by atoms with Crippen LogP contribution in [0.1, 0.15) is 88.0 Å². The number of rotatable bonds is 6. The van der Waals surface area contributed by atoms with E-state index in [0.29, 0.717) is 36.0 Å². The first kappa shape index (κ1) is 40.7. The molecule has 0 radical (unpaired) electrons. The molecule has 0 aromatic heterocycles. The van der Waals surface area contributed by atoms with Crippen LogP contribution in [-0.2, 0) is 52.7 Å². The largest absolute Gasteiger partial charge is 0.444 e. The van der Waals surface area contributed by atoms with Crippen molar-refractivity contribution in [2.24, 2.45) is 5.92 Å². The van der Waals surface area contributed by atoms with Gasteiger partial charge in [0.1, 0.15) is 35.1 Å². The Bertz CT molecular complexity index is 2000. The van der Waals surface area contributed by atoms with Crippen LogP contribution < -0.4 is 15.4 Å². The number of nitrogens with zero attached hydrogens (tertiary/aromatic N) is 2. The zero-order valence-corrected chi connectivity index (χ0v) is 33.0. The third kappa shape index (κ3) is 9.68. The minimum atomic E-state index is -4.18. The summed E-state index contributed by atoms with van der Waals surface area (Å²) in [6.07, 6.45) is 4.00. The average molecular weight is 796 g/mol. The molecule has 2 aromatic rings. The molecule has 16 heteroatoms. The van der Waals surface area contributed by atoms with E-state index in [4.69, 9.17) is 9.47 Å². The summed E-state index contributed by atoms with van der Waals surface area (Å²) in [7, 11) is -4.18. The molecule has 1 aliphatic carbocycles. The summed E-state index contributed by atoms with van der Waals surface area (Å²) in [5, 5.41) is 5.46. The van der Waals surface area contributed by atoms with E-state index in [0.717, 1.165) is 12.0 Å². The molecule has 5 atom stereocenters. The fourth-order valence-electron chi connectivity index (χ4n) is 7.51. The van der Waals surface area contributed by atoms with Gasteiger partial charge in [-0.15, -0.1) is 0 Å². The van der Waals surface area contributed by atoms with Crippen molar-refractivity contribution in [1.29, 1.82) is 0 Å². The maximum Gasteiger partial charge on any atom is 0.410 e. The predicted octanol–water partition coefficient (Wildman–Crippen LogP) is 4.49. The molecule has 6 rings (SSSR count). The number of carbonyl (C=O) groups is 5. The van der Waals surface area contributed by atoms with Gasteiger partial charge < -0.3 is 25.0 Å². The Balaban J connectivity index is 1.25. The molecule has 0 spiro atoms. The highest BCUT2D eigenvalue weighted by molar-refractivity contribution is 7.89. The number of aryl methyl sites for hydroxylation is 1. The van der Waals surface area contributed by atoms with Gasteiger partial charge in [0.25, 0.3) is 5.91 Å². The summed E-state index contributed by atoms with van der Waals surface area (Å²) in [6, 6.07) is 9.09. The molecule has 302 valence electrons. The number of hydrogen-bond donors (Lipinski definition) is 3. The van der Waals surface area contributed by atoms with Gasteiger partial charge in [-0.1, -0.05) is 67.0 Å². The number of carbonyl (C=O) groups excluding carboxylic acids is 5. The summed E-state index contributed by atoms with van der Waals surface area (Å²) in [5.41, 5.74) is -0.0336. The van der Waals surface area contributed by atoms with Gasteiger partial charge in [0.2, 0.25) is 21.8 Å². The molecule has 1 saturated heterocycles. The maximum atomic E-state index is 14.5. The molecule has 2 fully saturated rings. The molecular formula is C40H50FN5O9S. The molecule has 14 nitrogen and oxygen atoms in total. The summed E-state index contributed by atoms with van der Waals surface area (Å²) < 4.78 is 54.4. The maximum absolute atomic E-state index is 14.5. The quantitative estimate of drug-likeness (QED) is 0.355. The summed E-state index contributed by atoms with van der Waals surface area (Å²) in [4.78, 5) is 71.5. The molecule has 3 N–H and O–H groups in total. The monoisotopic (exact) mass is 795 g/mol. The van der Waals surface area contributed by atoms with Crippen molar-refractivity contribution in [3.05, 3.63) is 82.7 Å². The minimum Gasteiger partial charge on any atom is -0.444 e. The fraction of sp³-hybridized carbons (Fsp3) is 0.525. The van der Waals surface area contributed by atoms with E-state index in [1.54, 1.807) is 63.2 Å². The topological polar surface area (TPSA) is 181 Å². The Morgan fingerprint density at radius 1 is 1.04 bits per heavy atom. The number of nitrogens with one attached hydrogen (secondary N) is 3. The number of benzene rings is 2. The van der Waals surface area contributed by atoms with Gasteiger partial charge in [-0.2, -0.15) is 0 Å². The van der Waals surface area contributed by atoms with Crippen LogP contribution in [-0.4, -0.2) is 84.0 Å². The van der Waals surface area contributed by atoms with Crippen molar-refractivity contribution in [1.82, 2.24) is 25.2 Å². The van der Waals surface area contributed by atoms with Gasteiger partial charge in [-0.3, -0.25) is 24.0 Å². The van der Waals surface area contributed by atoms with E-state index < -0.39 is 86.7 Å². The molecule has 1 saturated carbocycles. The van der Waals surface area contributed by atoms with Crippen LogP contribution in [0.15, 0.2) is 54.6 Å². The molecule has 0 bridgehead atoms. The fourth-order valence-corrected chi connectivity index (χ4v) is 8.68. The number of alkyl carbamates (subject to hydrolysis) is 1. The predicted molar refractivity (Wildman–Crippen MR) is 202 cm³/mol. The highest BCUT2D eigenvalue weighted by Crippen LogP contribution is 2.46. The van der Waals surface area contributed by atoms with Gasteiger partial charge >= 0.3 is 12.2 Å². The van der Waals surface area contributed by atoms with Crippen molar-refractivity contribution < 1.29 is 46.3 Å². The van der Waals surface area contributed by atoms with E-state index in [-0.39, 0.29) is 38.9 Å². The van der Waals surface area contributed by atoms with Gasteiger partial charge in [-0.05, 0) is 70.6 Å². The number of fused-ring (bicyclic) bond motifs is 3. The van der Waals surface area contributed by atoms with Crippen LogP contribution in [0.3, 0.4) is 0 Å². The lowest BCUT2D eigenvalue weighted by Gasteiger charge is -2.30. The Hall–Kier alpha value is -4.99. The normalized spacial score (nSPS) is 25.4. The van der Waals surface area contributed by atoms with E-state index in [9.17, 15) is 36.8 Å². The van der Waals surface area contributed by atoms with Crippen LogP contribution in [0.25, 0.3) is 0 Å². The highest BCUT2D eigenvalue weighted by Gasteiger charge is 2.61. The third-order valence-electron chi connectivity index (χ3n) is 10.5. The molecule has 4 aliphatic rings. The third-order valence-corrected chi connectivity index (χ3v) is 11.7. The lowest BCUT2D eigenvalue weighted by Crippen LogP contribution is -2.58. The number of amides is 5. The van der Waals surface area contributed by atoms with E-state index in [1.807, 2.05) is 13.0 Å². The first-order valence-electron chi connectivity index (χ1n) is 19.0. The summed E-state index contributed by atoms with van der Waals surface area (Å²) in [6.45, 7) is 6.84. The van der Waals surface area contributed by atoms with Gasteiger partial charge in [-0.25, -0.2) is 22.4 Å². The van der Waals surface area contributed by atoms with Crippen LogP contribution in [0.5, 0.6) is 0 Å². The molecule has 3 heterocycles. The van der Waals surface area contributed by atoms with E-state index in [2.05, 4.69) is 15.4 Å². The molecular weight excluding hydrogens is 746 g/mol. The van der Waals surface area contributed by atoms with Gasteiger partial charge in [0.05, 0.1) is 18.8 Å². The van der Waals surface area contributed by atoms with Crippen LogP contribution in [0.4, 0.5) is 14.0 Å². The zero-order valence-electron chi connectivity index (χ0n) is 32.1. The smallest absolute Gasteiger partial charge is 0.410 e. The van der Waals surface area contributed by atoms with Gasteiger partial charge in [0.15, 0.2) is 0 Å². The second kappa shape index (κ2) is 16.2. The van der Waals surface area contributed by atoms with Gasteiger partial charge in [0, 0.05) is 24.4 Å². The second-order valence-corrected chi connectivity index (χ2v) is 17.9. The standard InChI is InChI=1S/C40H50FN5O9S/c1-25-15-17-26(18-16-25)24-56(52,53)44-36(49)40-20-28(40)12-8-6-5-7-9-14-32(42-37(50)55-39(2,3)4)35(48)46-22-29(19-33(46)34(47)43-40)54-38(51)45-21-27-11-10-13-31(41)30(27)23-45/h8,10-13,15-18,28-29,32-33H,5-7,9,14,19-24H2,1-4H3,(H,42,50)(H,43,47)(H,44,49)/t28-,29-,32+,33+,40-/m1/s1. The lowest BCUT2D eigenvalue weighted by atomic mass is 10.0. The first-order valence-corrected chi connectivity index (χ1v) is 20.7. The first-order chi connectivity index (χ1) is 26.4. The number of hydrogen-bond acceptors (Lipinski definition) is 9. The van der Waals surface area contributed by atoms with Crippen LogP contribution in [0, 0.1) is 18.7 Å². The van der Waals surface area contributed by atoms with E-state index >= 15 is 0 Å². The molecule has 56 heavy (non-hydrogen) atoms. The van der Waals surface area contributed by atoms with Crippen molar-refractivity contribution in [2.75, 3.05) is 6.54 Å². The van der Waals surface area contributed by atoms with Crippen LogP contribution in [0.2, 0.25) is 0 Å². The molecule has 5 amide bonds. The van der Waals surface area contributed by atoms with E-state index in [1.165, 1.54) is 15.9 Å². The minimum absolute atomic E-state index is 0.0125. The number of ether oxygens (including phenoxy) is 2. The Kier molecular flexibility index (Phi) is 11.8. The SMILES string of the molecule is Cc1ccc(CS(=O)(=O)NC(=O)[C@@]23C[C@H]2C=CCCCCC[C@H](NC(=O)OC(C)(C)C)C(=O)N2C[C@H](OC(=O)N4Cc5cccc(F)c5C4)C[C@H]2C(=O)N3)cc1. The average Bonchev–Trinajstić information content (AvgIpc) is 3.40. The summed E-state index contributed by atoms with van der Waals surface area (Å²) in [5.74, 6) is -3.68.